The van der Waals surface area contributed by atoms with Gasteiger partial charge in [-0.3, -0.25) is 4.79 Å². The fraction of sp³-hybridized carbons (Fsp3) is 0.286. The second-order valence-corrected chi connectivity index (χ2v) is 8.45. The summed E-state index contributed by atoms with van der Waals surface area (Å²) in [4.78, 5) is 18.8. The highest BCUT2D eigenvalue weighted by Crippen LogP contribution is 2.28. The van der Waals surface area contributed by atoms with Crippen LogP contribution in [0.3, 0.4) is 0 Å². The maximum absolute atomic E-state index is 12.7. The lowest BCUT2D eigenvalue weighted by atomic mass is 10.2. The Balaban J connectivity index is 1.61. The van der Waals surface area contributed by atoms with Gasteiger partial charge in [0.25, 0.3) is 5.56 Å². The van der Waals surface area contributed by atoms with E-state index in [1.165, 1.54) is 15.9 Å². The third-order valence-corrected chi connectivity index (χ3v) is 6.24. The molecule has 150 valence electrons. The molecule has 0 unspecified atom stereocenters. The minimum Gasteiger partial charge on any atom is -0.493 e. The number of nitrogens with zero attached hydrogens (tertiary/aromatic N) is 3. The van der Waals surface area contributed by atoms with Crippen LogP contribution in [0.25, 0.3) is 21.7 Å². The van der Waals surface area contributed by atoms with E-state index in [0.717, 1.165) is 29.7 Å². The highest BCUT2D eigenvalue weighted by molar-refractivity contribution is 7.15. The Bertz CT molecular complexity index is 1210. The van der Waals surface area contributed by atoms with Crippen molar-refractivity contribution in [3.05, 3.63) is 56.2 Å². The molecule has 1 aromatic carbocycles. The zero-order valence-electron chi connectivity index (χ0n) is 16.3. The number of hydrogen-bond acceptors (Lipinski definition) is 7. The Hall–Kier alpha value is -2.71. The number of unbranched alkanes of at least 4 members (excludes halogenated alkanes) is 2. The summed E-state index contributed by atoms with van der Waals surface area (Å²) in [6.45, 7) is 2.83. The molecule has 0 bridgehead atoms. The molecule has 0 N–H and O–H groups in total. The highest BCUT2D eigenvalue weighted by Gasteiger charge is 2.13. The molecular weight excluding hydrogens is 406 g/mol. The first-order chi connectivity index (χ1) is 14.2. The van der Waals surface area contributed by atoms with Crippen molar-refractivity contribution in [2.24, 2.45) is 0 Å². The minimum atomic E-state index is -0.167. The molecule has 0 saturated heterocycles. The first kappa shape index (κ1) is 19.6. The minimum absolute atomic E-state index is 0.167. The highest BCUT2D eigenvalue weighted by atomic mass is 32.1. The standard InChI is InChI=1S/C21H21N3O3S2/c1-3-4-5-10-27-15-9-8-14(12-16(15)26-2)13-18-20(25)24-21(29-18)22-19(23-24)17-7-6-11-28-17/h6-9,11-13H,3-5,10H2,1-2H3. The first-order valence-electron chi connectivity index (χ1n) is 9.45. The van der Waals surface area contributed by atoms with Gasteiger partial charge >= 0.3 is 0 Å². The predicted octanol–water partition coefficient (Wildman–Crippen LogP) is 4.00. The topological polar surface area (TPSA) is 65.7 Å². The van der Waals surface area contributed by atoms with Crippen LogP contribution in [-0.2, 0) is 0 Å². The van der Waals surface area contributed by atoms with Gasteiger partial charge in [0, 0.05) is 0 Å². The fourth-order valence-electron chi connectivity index (χ4n) is 2.92. The van der Waals surface area contributed by atoms with Crippen LogP contribution in [0.15, 0.2) is 40.5 Å². The molecule has 0 spiro atoms. The van der Waals surface area contributed by atoms with E-state index in [1.54, 1.807) is 18.4 Å². The van der Waals surface area contributed by atoms with Crippen LogP contribution in [0.1, 0.15) is 31.7 Å². The Morgan fingerprint density at radius 3 is 2.83 bits per heavy atom. The number of methoxy groups -OCH3 is 1. The summed E-state index contributed by atoms with van der Waals surface area (Å²) < 4.78 is 13.2. The van der Waals surface area contributed by atoms with Gasteiger partial charge in [-0.05, 0) is 41.6 Å². The largest absolute Gasteiger partial charge is 0.493 e. The van der Waals surface area contributed by atoms with Crippen molar-refractivity contribution in [3.8, 4) is 22.2 Å². The van der Waals surface area contributed by atoms with Crippen molar-refractivity contribution < 1.29 is 9.47 Å². The second-order valence-electron chi connectivity index (χ2n) is 6.49. The maximum atomic E-state index is 12.7. The SMILES string of the molecule is CCCCCOc1ccc(C=c2sc3nc(-c4cccs4)nn3c2=O)cc1OC. The van der Waals surface area contributed by atoms with Crippen LogP contribution < -0.4 is 19.6 Å². The smallest absolute Gasteiger partial charge is 0.291 e. The molecule has 6 nitrogen and oxygen atoms in total. The second kappa shape index (κ2) is 8.75. The number of ether oxygens (including phenoxy) is 2. The van der Waals surface area contributed by atoms with Crippen LogP contribution in [0, 0.1) is 0 Å². The molecule has 3 heterocycles. The third-order valence-electron chi connectivity index (χ3n) is 4.41. The molecule has 0 atom stereocenters. The number of aromatic nitrogens is 3. The lowest BCUT2D eigenvalue weighted by molar-refractivity contribution is 0.286. The van der Waals surface area contributed by atoms with E-state index in [4.69, 9.17) is 9.47 Å². The Labute approximate surface area is 176 Å². The van der Waals surface area contributed by atoms with Crippen LogP contribution in [0.4, 0.5) is 0 Å². The van der Waals surface area contributed by atoms with Crippen molar-refractivity contribution in [1.82, 2.24) is 14.6 Å². The molecule has 3 aromatic heterocycles. The van der Waals surface area contributed by atoms with Gasteiger partial charge in [0.1, 0.15) is 0 Å². The van der Waals surface area contributed by atoms with E-state index < -0.39 is 0 Å². The van der Waals surface area contributed by atoms with E-state index in [2.05, 4.69) is 17.0 Å². The van der Waals surface area contributed by atoms with E-state index in [-0.39, 0.29) is 5.56 Å². The lowest BCUT2D eigenvalue weighted by Crippen LogP contribution is -2.23. The zero-order chi connectivity index (χ0) is 20.2. The molecule has 4 aromatic rings. The van der Waals surface area contributed by atoms with E-state index in [1.807, 2.05) is 41.8 Å². The summed E-state index contributed by atoms with van der Waals surface area (Å²) in [6, 6.07) is 9.56. The summed E-state index contributed by atoms with van der Waals surface area (Å²) >= 11 is 2.88. The van der Waals surface area contributed by atoms with Gasteiger partial charge in [0.2, 0.25) is 4.96 Å². The predicted molar refractivity (Wildman–Crippen MR) is 117 cm³/mol. The van der Waals surface area contributed by atoms with Crippen LogP contribution in [0.2, 0.25) is 0 Å². The summed E-state index contributed by atoms with van der Waals surface area (Å²) in [5.41, 5.74) is 0.696. The van der Waals surface area contributed by atoms with Crippen molar-refractivity contribution in [1.29, 1.82) is 0 Å². The molecule has 0 aliphatic heterocycles. The summed E-state index contributed by atoms with van der Waals surface area (Å²) in [6.07, 6.45) is 5.14. The van der Waals surface area contributed by atoms with Gasteiger partial charge in [-0.1, -0.05) is 43.2 Å². The van der Waals surface area contributed by atoms with Crippen molar-refractivity contribution in [3.63, 3.8) is 0 Å². The molecular formula is C21H21N3O3S2. The molecule has 0 amide bonds. The summed E-state index contributed by atoms with van der Waals surface area (Å²) in [7, 11) is 1.62. The van der Waals surface area contributed by atoms with Gasteiger partial charge in [-0.25, -0.2) is 0 Å². The van der Waals surface area contributed by atoms with Gasteiger partial charge < -0.3 is 9.47 Å². The normalized spacial score (nSPS) is 12.0. The number of rotatable bonds is 8. The van der Waals surface area contributed by atoms with E-state index >= 15 is 0 Å². The molecule has 0 aliphatic rings. The van der Waals surface area contributed by atoms with Gasteiger partial charge in [0.05, 0.1) is 23.1 Å². The molecule has 0 saturated carbocycles. The molecule has 0 aliphatic carbocycles. The maximum Gasteiger partial charge on any atom is 0.291 e. The summed E-state index contributed by atoms with van der Waals surface area (Å²) in [5.74, 6) is 1.95. The number of fused-ring (bicyclic) bond motifs is 1. The quantitative estimate of drug-likeness (QED) is 0.398. The average molecular weight is 428 g/mol. The van der Waals surface area contributed by atoms with Crippen LogP contribution in [-0.4, -0.2) is 28.3 Å². The number of thiazole rings is 1. The summed E-state index contributed by atoms with van der Waals surface area (Å²) in [5, 5.41) is 6.33. The number of hydrogen-bond donors (Lipinski definition) is 0. The fourth-order valence-corrected chi connectivity index (χ4v) is 4.48. The molecule has 0 fully saturated rings. The third kappa shape index (κ3) is 4.18. The Kier molecular flexibility index (Phi) is 5.92. The Morgan fingerprint density at radius 2 is 2.10 bits per heavy atom. The zero-order valence-corrected chi connectivity index (χ0v) is 17.9. The lowest BCUT2D eigenvalue weighted by Gasteiger charge is -2.11. The molecule has 8 heteroatoms. The van der Waals surface area contributed by atoms with Crippen LogP contribution in [0.5, 0.6) is 11.5 Å². The van der Waals surface area contributed by atoms with E-state index in [9.17, 15) is 4.79 Å². The number of benzene rings is 1. The van der Waals surface area contributed by atoms with Gasteiger partial charge in [-0.2, -0.15) is 9.50 Å². The average Bonchev–Trinajstić information content (AvgIpc) is 3.45. The van der Waals surface area contributed by atoms with Crippen molar-refractivity contribution in [2.75, 3.05) is 13.7 Å². The monoisotopic (exact) mass is 427 g/mol. The van der Waals surface area contributed by atoms with Crippen molar-refractivity contribution >= 4 is 33.7 Å². The first-order valence-corrected chi connectivity index (χ1v) is 11.1. The number of thiophene rings is 1. The van der Waals surface area contributed by atoms with Crippen molar-refractivity contribution in [2.45, 2.75) is 26.2 Å². The van der Waals surface area contributed by atoms with Gasteiger partial charge in [-0.15, -0.1) is 16.4 Å². The van der Waals surface area contributed by atoms with Gasteiger partial charge in [0.15, 0.2) is 17.3 Å². The molecule has 29 heavy (non-hydrogen) atoms. The van der Waals surface area contributed by atoms with Crippen LogP contribution >= 0.6 is 22.7 Å². The Morgan fingerprint density at radius 1 is 1.21 bits per heavy atom. The molecule has 0 radical (unpaired) electrons. The van der Waals surface area contributed by atoms with E-state index in [0.29, 0.717) is 33.4 Å². The molecule has 4 rings (SSSR count).